The predicted molar refractivity (Wildman–Crippen MR) is 141 cm³/mol. The summed E-state index contributed by atoms with van der Waals surface area (Å²) >= 11 is 0. The first-order valence-corrected chi connectivity index (χ1v) is 11.6. The highest BCUT2D eigenvalue weighted by Gasteiger charge is 2.17. The maximum Gasteiger partial charge on any atom is 0.191 e. The number of hydrogen-bond donors (Lipinski definition) is 2. The van der Waals surface area contributed by atoms with Crippen LogP contribution in [0.3, 0.4) is 0 Å². The summed E-state index contributed by atoms with van der Waals surface area (Å²) < 4.78 is 11.1. The molecule has 0 amide bonds. The number of ether oxygens (including phenoxy) is 2. The van der Waals surface area contributed by atoms with Gasteiger partial charge in [-0.3, -0.25) is 0 Å². The summed E-state index contributed by atoms with van der Waals surface area (Å²) in [5.41, 5.74) is 2.31. The van der Waals surface area contributed by atoms with Gasteiger partial charge in [-0.05, 0) is 70.3 Å². The number of piperidine rings is 1. The van der Waals surface area contributed by atoms with E-state index in [4.69, 9.17) is 14.5 Å². The van der Waals surface area contributed by atoms with E-state index in [-0.39, 0.29) is 24.0 Å². The number of benzene rings is 1. The molecule has 1 aromatic rings. The zero-order valence-corrected chi connectivity index (χ0v) is 22.2. The second kappa shape index (κ2) is 16.6. The molecule has 2 rings (SSSR count). The van der Waals surface area contributed by atoms with Crippen LogP contribution in [-0.4, -0.2) is 63.9 Å². The Morgan fingerprint density at radius 1 is 1.16 bits per heavy atom. The summed E-state index contributed by atoms with van der Waals surface area (Å²) in [4.78, 5) is 7.36. The number of methoxy groups -OCH3 is 1. The SMILES string of the molecule is CCNC(=NCc1ccc(C)cc1OCCCOC)NCCC1CCN(CC)CC1.I. The third-order valence-corrected chi connectivity index (χ3v) is 5.72. The molecule has 0 aliphatic carbocycles. The number of aliphatic imine (C=N–C) groups is 1. The van der Waals surface area contributed by atoms with E-state index in [1.54, 1.807) is 7.11 Å². The van der Waals surface area contributed by atoms with Gasteiger partial charge in [-0.1, -0.05) is 19.1 Å². The van der Waals surface area contributed by atoms with Crippen LogP contribution in [0.2, 0.25) is 0 Å². The third kappa shape index (κ3) is 10.9. The molecule has 0 saturated carbocycles. The summed E-state index contributed by atoms with van der Waals surface area (Å²) in [6, 6.07) is 6.34. The van der Waals surface area contributed by atoms with Crippen LogP contribution in [0.5, 0.6) is 5.75 Å². The normalized spacial score (nSPS) is 15.4. The average molecular weight is 547 g/mol. The molecule has 31 heavy (non-hydrogen) atoms. The first-order valence-electron chi connectivity index (χ1n) is 11.6. The van der Waals surface area contributed by atoms with Crippen molar-refractivity contribution in [3.8, 4) is 5.75 Å². The fourth-order valence-electron chi connectivity index (χ4n) is 3.80. The molecule has 0 spiro atoms. The van der Waals surface area contributed by atoms with Gasteiger partial charge in [-0.25, -0.2) is 4.99 Å². The van der Waals surface area contributed by atoms with Crippen molar-refractivity contribution >= 4 is 29.9 Å². The Morgan fingerprint density at radius 2 is 1.94 bits per heavy atom. The van der Waals surface area contributed by atoms with E-state index in [1.807, 2.05) is 0 Å². The Bertz CT molecular complexity index is 634. The first-order chi connectivity index (χ1) is 14.7. The lowest BCUT2D eigenvalue weighted by Gasteiger charge is -2.31. The van der Waals surface area contributed by atoms with Gasteiger partial charge in [-0.2, -0.15) is 0 Å². The topological polar surface area (TPSA) is 58.1 Å². The van der Waals surface area contributed by atoms with Crippen molar-refractivity contribution in [2.45, 2.75) is 53.0 Å². The van der Waals surface area contributed by atoms with E-state index < -0.39 is 0 Å². The second-order valence-corrected chi connectivity index (χ2v) is 8.09. The van der Waals surface area contributed by atoms with E-state index in [2.05, 4.69) is 54.5 Å². The molecule has 1 aliphatic heterocycles. The van der Waals surface area contributed by atoms with Crippen molar-refractivity contribution in [1.82, 2.24) is 15.5 Å². The lowest BCUT2D eigenvalue weighted by Crippen LogP contribution is -2.39. The van der Waals surface area contributed by atoms with Crippen LogP contribution in [0.4, 0.5) is 0 Å². The third-order valence-electron chi connectivity index (χ3n) is 5.72. The van der Waals surface area contributed by atoms with Gasteiger partial charge in [0, 0.05) is 38.8 Å². The molecule has 0 unspecified atom stereocenters. The molecule has 7 heteroatoms. The van der Waals surface area contributed by atoms with Gasteiger partial charge < -0.3 is 25.0 Å². The van der Waals surface area contributed by atoms with Crippen LogP contribution in [0.25, 0.3) is 0 Å². The fourth-order valence-corrected chi connectivity index (χ4v) is 3.80. The molecule has 2 N–H and O–H groups in total. The van der Waals surface area contributed by atoms with Crippen molar-refractivity contribution in [2.75, 3.05) is 53.0 Å². The number of likely N-dealkylation sites (tertiary alicyclic amines) is 1. The van der Waals surface area contributed by atoms with E-state index in [9.17, 15) is 0 Å². The molecule has 1 heterocycles. The molecule has 1 aromatic carbocycles. The van der Waals surface area contributed by atoms with Gasteiger partial charge in [0.15, 0.2) is 5.96 Å². The van der Waals surface area contributed by atoms with E-state index >= 15 is 0 Å². The molecule has 0 aromatic heterocycles. The van der Waals surface area contributed by atoms with Crippen LogP contribution in [-0.2, 0) is 11.3 Å². The van der Waals surface area contributed by atoms with Gasteiger partial charge >= 0.3 is 0 Å². The number of hydrogen-bond acceptors (Lipinski definition) is 4. The number of rotatable bonds is 12. The Labute approximate surface area is 206 Å². The zero-order chi connectivity index (χ0) is 21.6. The quantitative estimate of drug-likeness (QED) is 0.178. The van der Waals surface area contributed by atoms with Crippen molar-refractivity contribution in [2.24, 2.45) is 10.9 Å². The van der Waals surface area contributed by atoms with Crippen LogP contribution in [0.15, 0.2) is 23.2 Å². The summed E-state index contributed by atoms with van der Waals surface area (Å²) in [6.45, 7) is 13.9. The molecule has 1 saturated heterocycles. The molecule has 0 atom stereocenters. The molecular weight excluding hydrogens is 503 g/mol. The summed E-state index contributed by atoms with van der Waals surface area (Å²) in [5.74, 6) is 2.63. The number of halogens is 1. The van der Waals surface area contributed by atoms with Crippen LogP contribution < -0.4 is 15.4 Å². The molecule has 0 bridgehead atoms. The number of aryl methyl sites for hydroxylation is 1. The molecule has 0 radical (unpaired) electrons. The minimum Gasteiger partial charge on any atom is -0.493 e. The van der Waals surface area contributed by atoms with Crippen molar-refractivity contribution in [3.05, 3.63) is 29.3 Å². The monoisotopic (exact) mass is 546 g/mol. The Kier molecular flexibility index (Phi) is 14.9. The van der Waals surface area contributed by atoms with E-state index in [0.29, 0.717) is 19.8 Å². The van der Waals surface area contributed by atoms with Gasteiger partial charge in [0.25, 0.3) is 0 Å². The lowest BCUT2D eigenvalue weighted by atomic mass is 9.93. The van der Waals surface area contributed by atoms with Crippen molar-refractivity contribution in [1.29, 1.82) is 0 Å². The summed E-state index contributed by atoms with van der Waals surface area (Å²) in [7, 11) is 1.72. The highest BCUT2D eigenvalue weighted by molar-refractivity contribution is 14.0. The standard InChI is InChI=1S/C24H42N4O2.HI/c1-5-25-24(26-13-10-21-11-14-28(6-2)15-12-21)27-19-22-9-8-20(3)18-23(22)30-17-7-16-29-4;/h8-9,18,21H,5-7,10-17,19H2,1-4H3,(H2,25,26,27);1H. The van der Waals surface area contributed by atoms with Gasteiger partial charge in [0.05, 0.1) is 13.2 Å². The average Bonchev–Trinajstić information content (AvgIpc) is 2.76. The van der Waals surface area contributed by atoms with Crippen molar-refractivity contribution in [3.63, 3.8) is 0 Å². The van der Waals surface area contributed by atoms with Crippen LogP contribution in [0, 0.1) is 12.8 Å². The molecule has 1 aliphatic rings. The summed E-state index contributed by atoms with van der Waals surface area (Å²) in [6.07, 6.45) is 4.72. The highest BCUT2D eigenvalue weighted by atomic mass is 127. The number of nitrogens with zero attached hydrogens (tertiary/aromatic N) is 2. The molecule has 6 nitrogen and oxygen atoms in total. The smallest absolute Gasteiger partial charge is 0.191 e. The van der Waals surface area contributed by atoms with Gasteiger partial charge in [0.2, 0.25) is 0 Å². The van der Waals surface area contributed by atoms with E-state index in [0.717, 1.165) is 42.7 Å². The van der Waals surface area contributed by atoms with Crippen molar-refractivity contribution < 1.29 is 9.47 Å². The molecule has 178 valence electrons. The molecule has 1 fully saturated rings. The van der Waals surface area contributed by atoms with Gasteiger partial charge in [0.1, 0.15) is 5.75 Å². The van der Waals surface area contributed by atoms with E-state index in [1.165, 1.54) is 44.5 Å². The highest BCUT2D eigenvalue weighted by Crippen LogP contribution is 2.22. The molecular formula is C24H43IN4O2. The van der Waals surface area contributed by atoms with Gasteiger partial charge in [-0.15, -0.1) is 24.0 Å². The Hall–Kier alpha value is -1.06. The summed E-state index contributed by atoms with van der Waals surface area (Å²) in [5, 5.41) is 6.89. The maximum atomic E-state index is 6.00. The minimum absolute atomic E-state index is 0. The number of nitrogens with one attached hydrogen (secondary N) is 2. The number of guanidine groups is 1. The van der Waals surface area contributed by atoms with Crippen LogP contribution in [0.1, 0.15) is 50.7 Å². The minimum atomic E-state index is 0. The predicted octanol–water partition coefficient (Wildman–Crippen LogP) is 4.21. The zero-order valence-electron chi connectivity index (χ0n) is 19.9. The maximum absolute atomic E-state index is 6.00. The second-order valence-electron chi connectivity index (χ2n) is 8.09. The first kappa shape index (κ1) is 28.0. The lowest BCUT2D eigenvalue weighted by molar-refractivity contribution is 0.172. The Morgan fingerprint density at radius 3 is 2.61 bits per heavy atom. The van der Waals surface area contributed by atoms with Crippen LogP contribution >= 0.6 is 24.0 Å². The largest absolute Gasteiger partial charge is 0.493 e. The Balaban J connectivity index is 0.00000480. The fraction of sp³-hybridized carbons (Fsp3) is 0.708.